The van der Waals surface area contributed by atoms with E-state index in [1.165, 1.54) is 17.1 Å². The number of amides is 2. The number of carbonyl (C=O) groups excluding carboxylic acids is 2. The molecule has 11 heteroatoms. The zero-order chi connectivity index (χ0) is 25.6. The van der Waals surface area contributed by atoms with E-state index < -0.39 is 0 Å². The number of nitrogens with zero attached hydrogens (tertiary/aromatic N) is 2. The molecular formula is C26H26N4O6S. The molecule has 0 aliphatic carbocycles. The Hall–Kier alpha value is -3.83. The SMILES string of the molecule is O=C(CSc1nc2cc(C(=O)NCc3ccco3)ccc2c(=O)n1Cc1ccco1)NC[C@H]1CCCO1. The van der Waals surface area contributed by atoms with Crippen molar-refractivity contribution in [3.05, 3.63) is 82.4 Å². The average molecular weight is 523 g/mol. The van der Waals surface area contributed by atoms with Crippen LogP contribution in [0.15, 0.2) is 73.8 Å². The van der Waals surface area contributed by atoms with Gasteiger partial charge in [0.2, 0.25) is 5.91 Å². The monoisotopic (exact) mass is 522 g/mol. The molecule has 1 aliphatic rings. The van der Waals surface area contributed by atoms with Crippen LogP contribution in [0, 0.1) is 0 Å². The first-order valence-corrected chi connectivity index (χ1v) is 12.9. The Labute approximate surface area is 216 Å². The number of aromatic nitrogens is 2. The molecule has 1 fully saturated rings. The number of hydrogen-bond acceptors (Lipinski definition) is 8. The molecule has 0 radical (unpaired) electrons. The third-order valence-corrected chi connectivity index (χ3v) is 6.94. The minimum absolute atomic E-state index is 0.0437. The Morgan fingerprint density at radius 3 is 2.62 bits per heavy atom. The second-order valence-corrected chi connectivity index (χ2v) is 9.53. The highest BCUT2D eigenvalue weighted by atomic mass is 32.2. The number of hydrogen-bond donors (Lipinski definition) is 2. The van der Waals surface area contributed by atoms with Crippen LogP contribution in [0.25, 0.3) is 10.9 Å². The second-order valence-electron chi connectivity index (χ2n) is 8.59. The Bertz CT molecular complexity index is 1430. The lowest BCUT2D eigenvalue weighted by Crippen LogP contribution is -2.33. The summed E-state index contributed by atoms with van der Waals surface area (Å²) in [5, 5.41) is 6.39. The van der Waals surface area contributed by atoms with E-state index in [-0.39, 0.29) is 42.3 Å². The summed E-state index contributed by atoms with van der Waals surface area (Å²) in [6.07, 6.45) is 5.05. The van der Waals surface area contributed by atoms with Gasteiger partial charge in [0.15, 0.2) is 5.16 Å². The van der Waals surface area contributed by atoms with Crippen molar-refractivity contribution in [3.8, 4) is 0 Å². The second kappa shape index (κ2) is 11.5. The van der Waals surface area contributed by atoms with E-state index in [2.05, 4.69) is 15.6 Å². The van der Waals surface area contributed by atoms with E-state index in [0.29, 0.717) is 39.7 Å². The molecule has 0 bridgehead atoms. The van der Waals surface area contributed by atoms with Crippen LogP contribution in [-0.2, 0) is 22.6 Å². The summed E-state index contributed by atoms with van der Waals surface area (Å²) in [5.41, 5.74) is 0.444. The number of rotatable bonds is 10. The van der Waals surface area contributed by atoms with Gasteiger partial charge < -0.3 is 24.2 Å². The normalized spacial score (nSPS) is 15.2. The number of furan rings is 2. The van der Waals surface area contributed by atoms with E-state index in [4.69, 9.17) is 13.6 Å². The van der Waals surface area contributed by atoms with Crippen LogP contribution in [-0.4, -0.2) is 46.4 Å². The van der Waals surface area contributed by atoms with Gasteiger partial charge in [0, 0.05) is 18.7 Å². The molecule has 1 atom stereocenters. The highest BCUT2D eigenvalue weighted by Crippen LogP contribution is 2.20. The van der Waals surface area contributed by atoms with Crippen LogP contribution < -0.4 is 16.2 Å². The van der Waals surface area contributed by atoms with Crippen molar-refractivity contribution in [3.63, 3.8) is 0 Å². The maximum atomic E-state index is 13.4. The summed E-state index contributed by atoms with van der Waals surface area (Å²) in [5.74, 6) is 0.797. The van der Waals surface area contributed by atoms with Crippen LogP contribution in [0.1, 0.15) is 34.7 Å². The van der Waals surface area contributed by atoms with Crippen molar-refractivity contribution in [1.29, 1.82) is 0 Å². The zero-order valence-corrected chi connectivity index (χ0v) is 20.8. The van der Waals surface area contributed by atoms with E-state index in [1.54, 1.807) is 42.5 Å². The van der Waals surface area contributed by atoms with E-state index in [9.17, 15) is 14.4 Å². The fraction of sp³-hybridized carbons (Fsp3) is 0.308. The van der Waals surface area contributed by atoms with Crippen molar-refractivity contribution in [1.82, 2.24) is 20.2 Å². The molecule has 192 valence electrons. The Morgan fingerprint density at radius 1 is 1.08 bits per heavy atom. The molecule has 4 heterocycles. The molecule has 2 amide bonds. The molecule has 0 unspecified atom stereocenters. The van der Waals surface area contributed by atoms with Crippen molar-refractivity contribution in [2.75, 3.05) is 18.9 Å². The van der Waals surface area contributed by atoms with Crippen LogP contribution in [0.3, 0.4) is 0 Å². The van der Waals surface area contributed by atoms with Crippen LogP contribution in [0.2, 0.25) is 0 Å². The highest BCUT2D eigenvalue weighted by molar-refractivity contribution is 7.99. The van der Waals surface area contributed by atoms with Crippen molar-refractivity contribution < 1.29 is 23.2 Å². The quantitative estimate of drug-likeness (QED) is 0.240. The van der Waals surface area contributed by atoms with Gasteiger partial charge in [-0.15, -0.1) is 0 Å². The smallest absolute Gasteiger partial charge is 0.262 e. The zero-order valence-electron chi connectivity index (χ0n) is 20.0. The number of thioether (sulfide) groups is 1. The first kappa shape index (κ1) is 24.8. The molecule has 37 heavy (non-hydrogen) atoms. The van der Waals surface area contributed by atoms with Crippen molar-refractivity contribution in [2.45, 2.75) is 37.2 Å². The largest absolute Gasteiger partial charge is 0.467 e. The molecule has 1 aromatic carbocycles. The first-order valence-electron chi connectivity index (χ1n) is 12.0. The lowest BCUT2D eigenvalue weighted by molar-refractivity contribution is -0.119. The minimum atomic E-state index is -0.317. The fourth-order valence-corrected chi connectivity index (χ4v) is 4.88. The molecule has 0 spiro atoms. The first-order chi connectivity index (χ1) is 18.1. The van der Waals surface area contributed by atoms with Gasteiger partial charge in [0.05, 0.1) is 48.4 Å². The predicted molar refractivity (Wildman–Crippen MR) is 136 cm³/mol. The van der Waals surface area contributed by atoms with E-state index in [0.717, 1.165) is 31.2 Å². The van der Waals surface area contributed by atoms with Crippen LogP contribution >= 0.6 is 11.8 Å². The third-order valence-electron chi connectivity index (χ3n) is 5.96. The van der Waals surface area contributed by atoms with Crippen molar-refractivity contribution in [2.24, 2.45) is 0 Å². The summed E-state index contributed by atoms with van der Waals surface area (Å²) in [6.45, 7) is 1.59. The fourth-order valence-electron chi connectivity index (χ4n) is 4.05. The maximum Gasteiger partial charge on any atom is 0.262 e. The van der Waals surface area contributed by atoms with E-state index >= 15 is 0 Å². The Kier molecular flexibility index (Phi) is 7.71. The van der Waals surface area contributed by atoms with Gasteiger partial charge in [-0.3, -0.25) is 19.0 Å². The average Bonchev–Trinajstić information content (AvgIpc) is 3.70. The van der Waals surface area contributed by atoms with Gasteiger partial charge in [-0.05, 0) is 55.3 Å². The molecule has 4 aromatic rings. The molecule has 1 aliphatic heterocycles. The lowest BCUT2D eigenvalue weighted by atomic mass is 10.1. The summed E-state index contributed by atoms with van der Waals surface area (Å²) in [6, 6.07) is 11.8. The third kappa shape index (κ3) is 6.12. The van der Waals surface area contributed by atoms with Crippen LogP contribution in [0.4, 0.5) is 0 Å². The predicted octanol–water partition coefficient (Wildman–Crippen LogP) is 2.95. The summed E-state index contributed by atoms with van der Waals surface area (Å²) in [7, 11) is 0. The standard InChI is InChI=1S/C26H26N4O6S/c31-23(27-13-18-4-1-9-34-18)16-37-26-29-22-12-17(24(32)28-14-19-5-2-10-35-19)7-8-21(22)25(33)30(26)15-20-6-3-11-36-20/h2-3,5-8,10-12,18H,1,4,9,13-16H2,(H,27,31)(H,28,32)/t18-/m1/s1. The number of nitrogens with one attached hydrogen (secondary N) is 2. The highest BCUT2D eigenvalue weighted by Gasteiger charge is 2.19. The molecule has 2 N–H and O–H groups in total. The molecular weight excluding hydrogens is 496 g/mol. The van der Waals surface area contributed by atoms with Gasteiger partial charge in [-0.2, -0.15) is 0 Å². The summed E-state index contributed by atoms with van der Waals surface area (Å²) < 4.78 is 17.7. The molecule has 10 nitrogen and oxygen atoms in total. The van der Waals surface area contributed by atoms with Gasteiger partial charge in [-0.1, -0.05) is 11.8 Å². The molecule has 3 aromatic heterocycles. The number of carbonyl (C=O) groups is 2. The summed E-state index contributed by atoms with van der Waals surface area (Å²) in [4.78, 5) is 43.2. The van der Waals surface area contributed by atoms with Gasteiger partial charge >= 0.3 is 0 Å². The Balaban J connectivity index is 1.37. The van der Waals surface area contributed by atoms with Gasteiger partial charge in [-0.25, -0.2) is 4.98 Å². The number of fused-ring (bicyclic) bond motifs is 1. The minimum Gasteiger partial charge on any atom is -0.467 e. The molecule has 5 rings (SSSR count). The molecule has 1 saturated heterocycles. The number of ether oxygens (including phenoxy) is 1. The van der Waals surface area contributed by atoms with Gasteiger partial charge in [0.25, 0.3) is 11.5 Å². The maximum absolute atomic E-state index is 13.4. The topological polar surface area (TPSA) is 129 Å². The Morgan fingerprint density at radius 2 is 1.89 bits per heavy atom. The molecule has 0 saturated carbocycles. The number of benzene rings is 1. The van der Waals surface area contributed by atoms with Crippen LogP contribution in [0.5, 0.6) is 0 Å². The lowest BCUT2D eigenvalue weighted by Gasteiger charge is -2.14. The van der Waals surface area contributed by atoms with Gasteiger partial charge in [0.1, 0.15) is 11.5 Å². The summed E-state index contributed by atoms with van der Waals surface area (Å²) >= 11 is 1.16. The van der Waals surface area contributed by atoms with E-state index in [1.807, 2.05) is 0 Å². The van der Waals surface area contributed by atoms with Crippen molar-refractivity contribution >= 4 is 34.5 Å².